The van der Waals surface area contributed by atoms with Gasteiger partial charge < -0.3 is 5.11 Å². The molecule has 3 saturated carbocycles. The fourth-order valence-corrected chi connectivity index (χ4v) is 5.76. The molecule has 0 aromatic heterocycles. The van der Waals surface area contributed by atoms with Gasteiger partial charge in [-0.2, -0.15) is 0 Å². The molecule has 4 aliphatic carbocycles. The van der Waals surface area contributed by atoms with Crippen molar-refractivity contribution in [3.63, 3.8) is 0 Å². The molecular weight excluding hydrogens is 248 g/mol. The largest absolute Gasteiger partial charge is 0.481 e. The number of carbonyl (C=O) groups is 1. The highest BCUT2D eigenvalue weighted by Gasteiger charge is 2.49. The molecule has 3 fully saturated rings. The van der Waals surface area contributed by atoms with Crippen LogP contribution in [0.25, 0.3) is 0 Å². The molecule has 0 aliphatic heterocycles. The maximum atomic E-state index is 11.7. The van der Waals surface area contributed by atoms with Crippen LogP contribution in [-0.4, -0.2) is 11.1 Å². The summed E-state index contributed by atoms with van der Waals surface area (Å²) in [4.78, 5) is 11.7. The molecule has 0 aromatic carbocycles. The monoisotopic (exact) mass is 272 g/mol. The van der Waals surface area contributed by atoms with E-state index >= 15 is 0 Å². The molecule has 0 saturated heterocycles. The zero-order valence-corrected chi connectivity index (χ0v) is 12.0. The van der Waals surface area contributed by atoms with Crippen LogP contribution in [0.5, 0.6) is 0 Å². The topological polar surface area (TPSA) is 37.3 Å². The molecule has 0 aromatic rings. The lowest BCUT2D eigenvalue weighted by Crippen LogP contribution is -2.45. The molecule has 4 rings (SSSR count). The number of allylic oxidation sites excluding steroid dienone is 4. The first kappa shape index (κ1) is 12.7. The van der Waals surface area contributed by atoms with E-state index in [4.69, 9.17) is 0 Å². The average molecular weight is 272 g/mol. The maximum Gasteiger partial charge on any atom is 0.307 e. The average Bonchev–Trinajstić information content (AvgIpc) is 2.95. The van der Waals surface area contributed by atoms with Crippen molar-refractivity contribution in [3.05, 3.63) is 23.8 Å². The summed E-state index contributed by atoms with van der Waals surface area (Å²) in [5, 5.41) is 9.61. The van der Waals surface area contributed by atoms with Crippen LogP contribution in [-0.2, 0) is 4.79 Å². The molecule has 0 amide bonds. The molecule has 108 valence electrons. The van der Waals surface area contributed by atoms with Crippen LogP contribution in [0.3, 0.4) is 0 Å². The van der Waals surface area contributed by atoms with Gasteiger partial charge in [-0.05, 0) is 49.4 Å². The van der Waals surface area contributed by atoms with E-state index in [9.17, 15) is 9.90 Å². The van der Waals surface area contributed by atoms with E-state index < -0.39 is 5.97 Å². The fourth-order valence-electron chi connectivity index (χ4n) is 5.76. The number of hydrogen-bond acceptors (Lipinski definition) is 1. The lowest BCUT2D eigenvalue weighted by Gasteiger charge is -2.51. The quantitative estimate of drug-likeness (QED) is 0.782. The first-order valence-corrected chi connectivity index (χ1v) is 8.37. The molecule has 1 N–H and O–H groups in total. The van der Waals surface area contributed by atoms with Crippen LogP contribution >= 0.6 is 0 Å². The molecule has 6 atom stereocenters. The second kappa shape index (κ2) is 4.75. The predicted molar refractivity (Wildman–Crippen MR) is 78.1 cm³/mol. The lowest BCUT2D eigenvalue weighted by atomic mass is 9.53. The number of aliphatic carboxylic acids is 1. The minimum absolute atomic E-state index is 0.165. The van der Waals surface area contributed by atoms with Crippen molar-refractivity contribution in [1.82, 2.24) is 0 Å². The Balaban J connectivity index is 1.66. The highest BCUT2D eigenvalue weighted by atomic mass is 16.4. The van der Waals surface area contributed by atoms with Crippen LogP contribution in [0.4, 0.5) is 0 Å². The molecule has 0 heterocycles. The number of rotatable bonds is 1. The van der Waals surface area contributed by atoms with Gasteiger partial charge in [0.05, 0.1) is 5.92 Å². The van der Waals surface area contributed by atoms with Crippen LogP contribution in [0.1, 0.15) is 44.9 Å². The van der Waals surface area contributed by atoms with Crippen molar-refractivity contribution in [2.45, 2.75) is 44.9 Å². The summed E-state index contributed by atoms with van der Waals surface area (Å²) in [5.41, 5.74) is 1.46. The number of hydrogen-bond donors (Lipinski definition) is 1. The normalized spacial score (nSPS) is 46.1. The summed E-state index contributed by atoms with van der Waals surface area (Å²) in [7, 11) is 0. The van der Waals surface area contributed by atoms with Crippen molar-refractivity contribution in [2.75, 3.05) is 0 Å². The summed E-state index contributed by atoms with van der Waals surface area (Å²) in [6, 6.07) is 0. The summed E-state index contributed by atoms with van der Waals surface area (Å²) < 4.78 is 0. The fraction of sp³-hybridized carbons (Fsp3) is 0.722. The Kier molecular flexibility index (Phi) is 3.01. The summed E-state index contributed by atoms with van der Waals surface area (Å²) in [6.45, 7) is 0. The van der Waals surface area contributed by atoms with E-state index in [1.807, 2.05) is 0 Å². The second-order valence-electron chi connectivity index (χ2n) is 7.31. The highest BCUT2D eigenvalue weighted by Crippen LogP contribution is 2.56. The molecule has 0 radical (unpaired) electrons. The third-order valence-electron chi connectivity index (χ3n) is 6.58. The Labute approximate surface area is 120 Å². The third-order valence-corrected chi connectivity index (χ3v) is 6.58. The van der Waals surface area contributed by atoms with Gasteiger partial charge in [-0.3, -0.25) is 4.79 Å². The second-order valence-corrected chi connectivity index (χ2v) is 7.31. The minimum Gasteiger partial charge on any atom is -0.481 e. The molecule has 0 spiro atoms. The Bertz CT molecular complexity index is 476. The van der Waals surface area contributed by atoms with Crippen molar-refractivity contribution < 1.29 is 9.90 Å². The van der Waals surface area contributed by atoms with Crippen molar-refractivity contribution in [2.24, 2.45) is 35.5 Å². The predicted octanol–water partition coefficient (Wildman–Crippen LogP) is 4.04. The highest BCUT2D eigenvalue weighted by molar-refractivity contribution is 5.72. The van der Waals surface area contributed by atoms with E-state index in [0.717, 1.165) is 18.3 Å². The minimum atomic E-state index is -0.580. The van der Waals surface area contributed by atoms with Gasteiger partial charge in [0, 0.05) is 5.92 Å². The molecule has 0 bridgehead atoms. The Morgan fingerprint density at radius 1 is 1.10 bits per heavy atom. The van der Waals surface area contributed by atoms with Crippen LogP contribution < -0.4 is 0 Å². The first-order valence-electron chi connectivity index (χ1n) is 8.37. The number of carboxylic acid groups (broad SMARTS) is 1. The van der Waals surface area contributed by atoms with Gasteiger partial charge in [0.15, 0.2) is 0 Å². The Hall–Kier alpha value is -1.05. The van der Waals surface area contributed by atoms with E-state index in [2.05, 4.69) is 18.2 Å². The van der Waals surface area contributed by atoms with Gasteiger partial charge >= 0.3 is 5.97 Å². The molecule has 4 aliphatic rings. The summed E-state index contributed by atoms with van der Waals surface area (Å²) in [6.07, 6.45) is 15.6. The molecule has 20 heavy (non-hydrogen) atoms. The lowest BCUT2D eigenvalue weighted by molar-refractivity contribution is -0.145. The molecular formula is C18H24O2. The third kappa shape index (κ3) is 1.80. The zero-order chi connectivity index (χ0) is 13.7. The van der Waals surface area contributed by atoms with Gasteiger partial charge in [-0.25, -0.2) is 0 Å². The van der Waals surface area contributed by atoms with Crippen molar-refractivity contribution in [1.29, 1.82) is 0 Å². The van der Waals surface area contributed by atoms with Gasteiger partial charge in [-0.1, -0.05) is 43.1 Å². The van der Waals surface area contributed by atoms with E-state index in [1.165, 1.54) is 44.1 Å². The SMILES string of the molecule is O=C(O)C1CC2C(CCC3CCCCC32)C2=CC=CC21. The number of carboxylic acids is 1. The molecule has 2 nitrogen and oxygen atoms in total. The smallest absolute Gasteiger partial charge is 0.307 e. The van der Waals surface area contributed by atoms with Gasteiger partial charge in [0.25, 0.3) is 0 Å². The van der Waals surface area contributed by atoms with Crippen LogP contribution in [0.2, 0.25) is 0 Å². The van der Waals surface area contributed by atoms with E-state index in [1.54, 1.807) is 0 Å². The summed E-state index contributed by atoms with van der Waals surface area (Å²) in [5.74, 6) is 2.50. The van der Waals surface area contributed by atoms with Gasteiger partial charge in [0.2, 0.25) is 0 Å². The summed E-state index contributed by atoms with van der Waals surface area (Å²) >= 11 is 0. The maximum absolute atomic E-state index is 11.7. The van der Waals surface area contributed by atoms with Gasteiger partial charge in [0.1, 0.15) is 0 Å². The van der Waals surface area contributed by atoms with Crippen LogP contribution in [0, 0.1) is 35.5 Å². The standard InChI is InChI=1S/C18H24O2/c19-18(20)17-10-16-12-5-2-1-4-11(12)8-9-15(16)13-6-3-7-14(13)17/h3,6-7,11-12,14-17H,1-2,4-5,8-10H2,(H,19,20). The van der Waals surface area contributed by atoms with E-state index in [-0.39, 0.29) is 11.8 Å². The van der Waals surface area contributed by atoms with Crippen molar-refractivity contribution >= 4 is 5.97 Å². The van der Waals surface area contributed by atoms with Crippen molar-refractivity contribution in [3.8, 4) is 0 Å². The van der Waals surface area contributed by atoms with Gasteiger partial charge in [-0.15, -0.1) is 0 Å². The Morgan fingerprint density at radius 3 is 2.80 bits per heavy atom. The van der Waals surface area contributed by atoms with E-state index in [0.29, 0.717) is 11.8 Å². The molecule has 6 unspecified atom stereocenters. The zero-order valence-electron chi connectivity index (χ0n) is 12.0. The number of fused-ring (bicyclic) bond motifs is 5. The molecule has 2 heteroatoms. The van der Waals surface area contributed by atoms with Crippen LogP contribution in [0.15, 0.2) is 23.8 Å². The Morgan fingerprint density at radius 2 is 1.95 bits per heavy atom. The first-order chi connectivity index (χ1) is 9.75.